The second-order valence-corrected chi connectivity index (χ2v) is 7.83. The monoisotopic (exact) mass is 506 g/mol. The van der Waals surface area contributed by atoms with Crippen LogP contribution in [0.2, 0.25) is 0 Å². The molecule has 0 atom stereocenters. The number of methoxy groups -OCH3 is 2. The van der Waals surface area contributed by atoms with Gasteiger partial charge in [-0.25, -0.2) is 0 Å². The van der Waals surface area contributed by atoms with Crippen LogP contribution in [0.1, 0.15) is 0 Å². The van der Waals surface area contributed by atoms with E-state index in [2.05, 4.69) is 9.97 Å². The Morgan fingerprint density at radius 1 is 0.595 bits per heavy atom. The van der Waals surface area contributed by atoms with Crippen LogP contribution in [0.4, 0.5) is 0 Å². The molecule has 0 aliphatic heterocycles. The summed E-state index contributed by atoms with van der Waals surface area (Å²) >= 11 is 0. The van der Waals surface area contributed by atoms with E-state index in [-0.39, 0.29) is 34.6 Å². The van der Waals surface area contributed by atoms with E-state index < -0.39 is 0 Å². The quantitative estimate of drug-likeness (QED) is 0.337. The maximum absolute atomic E-state index is 11.9. The molecule has 0 fully saturated rings. The summed E-state index contributed by atoms with van der Waals surface area (Å²) in [6, 6.07) is 24.8. The van der Waals surface area contributed by atoms with Crippen LogP contribution in [0.15, 0.2) is 93.8 Å². The fourth-order valence-electron chi connectivity index (χ4n) is 3.71. The molecule has 0 aliphatic carbocycles. The Kier molecular flexibility index (Phi) is 7.85. The van der Waals surface area contributed by atoms with Crippen molar-refractivity contribution in [1.82, 2.24) is 0 Å². The van der Waals surface area contributed by atoms with Crippen molar-refractivity contribution in [3.63, 3.8) is 0 Å². The summed E-state index contributed by atoms with van der Waals surface area (Å²) in [5.41, 5.74) is 4.16. The summed E-state index contributed by atoms with van der Waals surface area (Å²) in [6.07, 6.45) is 0. The van der Waals surface area contributed by atoms with Crippen molar-refractivity contribution in [3.05, 3.63) is 84.9 Å². The summed E-state index contributed by atoms with van der Waals surface area (Å²) in [5, 5.41) is 23.8. The molecule has 2 aromatic heterocycles. The molecule has 0 aliphatic rings. The van der Waals surface area contributed by atoms with Crippen LogP contribution in [0.3, 0.4) is 0 Å². The van der Waals surface area contributed by atoms with E-state index in [0.717, 1.165) is 22.2 Å². The Hall–Kier alpha value is -4.21. The zero-order chi connectivity index (χ0) is 25.1. The molecule has 0 unspecified atom stereocenters. The van der Waals surface area contributed by atoms with Crippen molar-refractivity contribution >= 4 is 45.3 Å². The van der Waals surface area contributed by atoms with Gasteiger partial charge in [0, 0.05) is 12.1 Å². The van der Waals surface area contributed by atoms with Crippen molar-refractivity contribution in [1.29, 1.82) is 0 Å². The van der Waals surface area contributed by atoms with Crippen LogP contribution >= 0.6 is 0 Å². The standard InChI is InChI=1S/2C14H11NO3.Mg/c2*1-17-9-6-7-10(12(16)8-9)14-15-11-4-2-3-5-13(11)18-14;/h2*2-8,16H,1H3;/q;;+2. The molecule has 180 valence electrons. The molecule has 0 amide bonds. The molecular weight excluding hydrogens is 485 g/mol. The van der Waals surface area contributed by atoms with Crippen LogP contribution in [-0.4, -0.2) is 37.3 Å². The number of oxazole rings is 2. The largest absolute Gasteiger partial charge is 2.00 e. The van der Waals surface area contributed by atoms with Crippen LogP contribution in [0, 0.1) is 0 Å². The predicted molar refractivity (Wildman–Crippen MR) is 134 cm³/mol. The molecule has 0 radical (unpaired) electrons. The van der Waals surface area contributed by atoms with Crippen LogP contribution < -0.4 is 29.7 Å². The van der Waals surface area contributed by atoms with Gasteiger partial charge in [0.05, 0.1) is 25.3 Å². The summed E-state index contributed by atoms with van der Waals surface area (Å²) in [7, 11) is 3.06. The number of para-hydroxylation sites is 4. The molecule has 6 aromatic rings. The Morgan fingerprint density at radius 2 is 1.00 bits per heavy atom. The van der Waals surface area contributed by atoms with Gasteiger partial charge in [0.2, 0.25) is 22.2 Å². The van der Waals surface area contributed by atoms with Gasteiger partial charge in [-0.15, -0.1) is 0 Å². The number of fused-ring (bicyclic) bond motifs is 2. The van der Waals surface area contributed by atoms with E-state index in [1.165, 1.54) is 26.4 Å². The fourth-order valence-corrected chi connectivity index (χ4v) is 3.71. The first kappa shape index (κ1) is 25.9. The van der Waals surface area contributed by atoms with E-state index in [1.54, 1.807) is 24.3 Å². The topological polar surface area (TPSA) is 119 Å². The van der Waals surface area contributed by atoms with Gasteiger partial charge in [0.15, 0.2) is 0 Å². The molecule has 0 spiro atoms. The Morgan fingerprint density at radius 3 is 1.35 bits per heavy atom. The first-order valence-electron chi connectivity index (χ1n) is 11.1. The number of hydrogen-bond acceptors (Lipinski definition) is 6. The Bertz CT molecular complexity index is 1470. The van der Waals surface area contributed by atoms with Gasteiger partial charge in [0.1, 0.15) is 11.5 Å². The van der Waals surface area contributed by atoms with Crippen LogP contribution in [-0.2, 0) is 0 Å². The number of ether oxygens (including phenoxy) is 2. The number of nitrogens with one attached hydrogen (secondary N) is 2. The van der Waals surface area contributed by atoms with Crippen LogP contribution in [0.25, 0.3) is 45.1 Å². The first-order chi connectivity index (χ1) is 17.6. The molecule has 2 heterocycles. The second-order valence-electron chi connectivity index (χ2n) is 7.83. The van der Waals surface area contributed by atoms with Gasteiger partial charge in [0.25, 0.3) is 0 Å². The van der Waals surface area contributed by atoms with E-state index in [0.29, 0.717) is 34.4 Å². The van der Waals surface area contributed by atoms with Crippen molar-refractivity contribution in [2.45, 2.75) is 0 Å². The Labute approximate surface area is 228 Å². The van der Waals surface area contributed by atoms with Gasteiger partial charge in [-0.2, -0.15) is 9.97 Å². The number of rotatable bonds is 4. The normalized spacial score (nSPS) is 10.4. The summed E-state index contributed by atoms with van der Waals surface area (Å²) < 4.78 is 21.2. The molecule has 0 bridgehead atoms. The zero-order valence-corrected chi connectivity index (χ0v) is 21.7. The number of aromatic amines is 2. The number of hydrogen-bond donors (Lipinski definition) is 0. The van der Waals surface area contributed by atoms with E-state index in [9.17, 15) is 10.2 Å². The summed E-state index contributed by atoms with van der Waals surface area (Å²) in [4.78, 5) is 6.17. The van der Waals surface area contributed by atoms with Crippen molar-refractivity contribution in [3.8, 4) is 45.9 Å². The molecule has 0 saturated carbocycles. The maximum Gasteiger partial charge on any atom is 2.00 e. The fraction of sp³-hybridized carbons (Fsp3) is 0.0714. The van der Waals surface area contributed by atoms with Gasteiger partial charge >= 0.3 is 34.8 Å². The molecular formula is C28H22MgN2O6+2. The molecule has 8 nitrogen and oxygen atoms in total. The Balaban J connectivity index is 0.000000168. The van der Waals surface area contributed by atoms with Crippen LogP contribution in [0.5, 0.6) is 23.0 Å². The molecule has 37 heavy (non-hydrogen) atoms. The van der Waals surface area contributed by atoms with Gasteiger partial charge < -0.3 is 28.5 Å². The minimum absolute atomic E-state index is 0. The third-order valence-corrected chi connectivity index (χ3v) is 5.56. The van der Waals surface area contributed by atoms with Crippen molar-refractivity contribution in [2.24, 2.45) is 0 Å². The number of aromatic nitrogens is 2. The van der Waals surface area contributed by atoms with Gasteiger partial charge in [-0.05, 0) is 48.5 Å². The maximum atomic E-state index is 11.9. The molecule has 2 N–H and O–H groups in total. The average molecular weight is 507 g/mol. The van der Waals surface area contributed by atoms with Crippen molar-refractivity contribution in [2.75, 3.05) is 14.2 Å². The smallest absolute Gasteiger partial charge is 0.872 e. The molecule has 6 rings (SSSR count). The minimum Gasteiger partial charge on any atom is -0.872 e. The number of benzene rings is 4. The van der Waals surface area contributed by atoms with E-state index >= 15 is 0 Å². The third-order valence-electron chi connectivity index (χ3n) is 5.56. The third kappa shape index (κ3) is 5.47. The minimum atomic E-state index is -0.135. The van der Waals surface area contributed by atoms with Gasteiger partial charge in [-0.3, -0.25) is 0 Å². The first-order valence-corrected chi connectivity index (χ1v) is 11.1. The van der Waals surface area contributed by atoms with Gasteiger partial charge in [-0.1, -0.05) is 35.8 Å². The zero-order valence-electron chi connectivity index (χ0n) is 20.2. The molecule has 0 saturated heterocycles. The summed E-state index contributed by atoms with van der Waals surface area (Å²) in [5.74, 6) is 1.74. The van der Waals surface area contributed by atoms with E-state index in [1.807, 2.05) is 48.5 Å². The SMILES string of the molecule is COc1ccc(-c2[nH+]c3ccccc3o2)c([O-])c1.COc1ccc(-c2[nH+]c3ccccc3o2)c([O-])c1.[Mg+2]. The van der Waals surface area contributed by atoms with E-state index in [4.69, 9.17) is 18.3 Å². The molecule has 4 aromatic carbocycles. The second kappa shape index (κ2) is 11.2. The predicted octanol–water partition coefficient (Wildman–Crippen LogP) is 3.61. The summed E-state index contributed by atoms with van der Waals surface area (Å²) in [6.45, 7) is 0. The average Bonchev–Trinajstić information content (AvgIpc) is 3.53. The molecule has 9 heteroatoms. The number of H-pyrrole nitrogens is 2. The van der Waals surface area contributed by atoms with Crippen molar-refractivity contribution < 1.29 is 38.5 Å².